The van der Waals surface area contributed by atoms with Gasteiger partial charge < -0.3 is 10.3 Å². The molecule has 0 aliphatic heterocycles. The molecule has 3 rings (SSSR count). The van der Waals surface area contributed by atoms with Crippen molar-refractivity contribution in [2.45, 2.75) is 31.7 Å². The van der Waals surface area contributed by atoms with Gasteiger partial charge in [0.05, 0.1) is 18.2 Å². The van der Waals surface area contributed by atoms with E-state index in [0.717, 1.165) is 6.54 Å². The lowest BCUT2D eigenvalue weighted by Crippen LogP contribution is -2.29. The molecule has 1 aliphatic rings. The summed E-state index contributed by atoms with van der Waals surface area (Å²) in [6.45, 7) is 0.775. The van der Waals surface area contributed by atoms with Crippen molar-refractivity contribution in [3.05, 3.63) is 42.9 Å². The maximum absolute atomic E-state index is 5.95. The van der Waals surface area contributed by atoms with Crippen molar-refractivity contribution in [1.29, 1.82) is 0 Å². The van der Waals surface area contributed by atoms with Gasteiger partial charge in [-0.05, 0) is 30.9 Å². The van der Waals surface area contributed by atoms with Gasteiger partial charge in [0.2, 0.25) is 0 Å². The third kappa shape index (κ3) is 2.43. The van der Waals surface area contributed by atoms with Crippen LogP contribution in [0.1, 0.15) is 31.7 Å². The van der Waals surface area contributed by atoms with Crippen molar-refractivity contribution in [3.8, 4) is 11.3 Å². The lowest BCUT2D eigenvalue weighted by molar-refractivity contribution is 0.246. The number of nitrogens with zero attached hydrogens (tertiary/aromatic N) is 2. The van der Waals surface area contributed by atoms with Crippen molar-refractivity contribution >= 4 is 0 Å². The summed E-state index contributed by atoms with van der Waals surface area (Å²) in [4.78, 5) is 4.36. The zero-order valence-electron chi connectivity index (χ0n) is 11.2. The normalized spacial score (nSPS) is 23.4. The lowest BCUT2D eigenvalue weighted by Gasteiger charge is -2.32. The fourth-order valence-corrected chi connectivity index (χ4v) is 3.23. The Labute approximate surface area is 114 Å². The van der Waals surface area contributed by atoms with Crippen LogP contribution < -0.4 is 5.73 Å². The van der Waals surface area contributed by atoms with Crippen molar-refractivity contribution in [2.24, 2.45) is 11.7 Å². The zero-order valence-corrected chi connectivity index (χ0v) is 11.2. The van der Waals surface area contributed by atoms with E-state index in [2.05, 4.69) is 33.8 Å². The molecule has 2 atom stereocenters. The fraction of sp³-hybridized carbons (Fsp3) is 0.438. The van der Waals surface area contributed by atoms with Crippen LogP contribution in [0, 0.1) is 5.92 Å². The Hall–Kier alpha value is -1.61. The molecule has 1 aliphatic carbocycles. The van der Waals surface area contributed by atoms with E-state index in [9.17, 15) is 0 Å². The summed E-state index contributed by atoms with van der Waals surface area (Å²) in [6, 6.07) is 11.0. The third-order valence-corrected chi connectivity index (χ3v) is 4.26. The third-order valence-electron chi connectivity index (χ3n) is 4.26. The molecule has 1 fully saturated rings. The van der Waals surface area contributed by atoms with E-state index in [4.69, 9.17) is 5.73 Å². The Morgan fingerprint density at radius 2 is 1.95 bits per heavy atom. The molecule has 2 unspecified atom stereocenters. The highest BCUT2D eigenvalue weighted by atomic mass is 15.1. The van der Waals surface area contributed by atoms with Gasteiger partial charge in [-0.15, -0.1) is 0 Å². The molecule has 0 spiro atoms. The summed E-state index contributed by atoms with van der Waals surface area (Å²) in [7, 11) is 0. The van der Waals surface area contributed by atoms with E-state index in [-0.39, 0.29) is 0 Å². The molecule has 0 amide bonds. The molecule has 1 aromatic carbocycles. The van der Waals surface area contributed by atoms with Crippen LogP contribution in [0.4, 0.5) is 0 Å². The first-order valence-corrected chi connectivity index (χ1v) is 7.17. The van der Waals surface area contributed by atoms with Gasteiger partial charge in [0.1, 0.15) is 0 Å². The SMILES string of the molecule is NCC1CCCCC1n1cncc1-c1ccccc1. The Bertz CT molecular complexity index is 518. The van der Waals surface area contributed by atoms with E-state index in [1.54, 1.807) is 0 Å². The van der Waals surface area contributed by atoms with Crippen LogP contribution in [0.3, 0.4) is 0 Å². The minimum Gasteiger partial charge on any atom is -0.330 e. The summed E-state index contributed by atoms with van der Waals surface area (Å²) in [5, 5.41) is 0. The molecular formula is C16H21N3. The van der Waals surface area contributed by atoms with Crippen molar-refractivity contribution < 1.29 is 0 Å². The predicted octanol–water partition coefficient (Wildman–Crippen LogP) is 3.24. The molecule has 2 aromatic rings. The second kappa shape index (κ2) is 5.57. The van der Waals surface area contributed by atoms with Gasteiger partial charge in [-0.2, -0.15) is 0 Å². The minimum absolute atomic E-state index is 0.511. The second-order valence-corrected chi connectivity index (χ2v) is 5.40. The number of benzene rings is 1. The fourth-order valence-electron chi connectivity index (χ4n) is 3.23. The van der Waals surface area contributed by atoms with Gasteiger partial charge in [-0.25, -0.2) is 4.98 Å². The number of rotatable bonds is 3. The zero-order chi connectivity index (χ0) is 13.1. The summed E-state index contributed by atoms with van der Waals surface area (Å²) >= 11 is 0. The number of imidazole rings is 1. The smallest absolute Gasteiger partial charge is 0.0953 e. The van der Waals surface area contributed by atoms with Gasteiger partial charge in [0.15, 0.2) is 0 Å². The Morgan fingerprint density at radius 1 is 1.16 bits per heavy atom. The standard InChI is InChI=1S/C16H21N3/c17-10-14-8-4-5-9-15(14)19-12-18-11-16(19)13-6-2-1-3-7-13/h1-3,6-7,11-12,14-15H,4-5,8-10,17H2. The summed E-state index contributed by atoms with van der Waals surface area (Å²) < 4.78 is 2.34. The summed E-state index contributed by atoms with van der Waals surface area (Å²) in [6.07, 6.45) is 9.02. The number of hydrogen-bond acceptors (Lipinski definition) is 2. The second-order valence-electron chi connectivity index (χ2n) is 5.40. The van der Waals surface area contributed by atoms with Gasteiger partial charge in [-0.3, -0.25) is 0 Å². The first kappa shape index (κ1) is 12.4. The van der Waals surface area contributed by atoms with Gasteiger partial charge in [0, 0.05) is 6.04 Å². The number of hydrogen-bond donors (Lipinski definition) is 1. The highest BCUT2D eigenvalue weighted by Crippen LogP contribution is 2.36. The largest absolute Gasteiger partial charge is 0.330 e. The van der Waals surface area contributed by atoms with E-state index in [1.165, 1.54) is 36.9 Å². The minimum atomic E-state index is 0.511. The summed E-state index contributed by atoms with van der Waals surface area (Å²) in [5.74, 6) is 0.588. The molecule has 0 radical (unpaired) electrons. The van der Waals surface area contributed by atoms with Gasteiger partial charge >= 0.3 is 0 Å². The van der Waals surface area contributed by atoms with E-state index in [1.807, 2.05) is 18.6 Å². The monoisotopic (exact) mass is 255 g/mol. The molecule has 2 N–H and O–H groups in total. The molecule has 0 bridgehead atoms. The predicted molar refractivity (Wildman–Crippen MR) is 77.7 cm³/mol. The van der Waals surface area contributed by atoms with E-state index < -0.39 is 0 Å². The van der Waals surface area contributed by atoms with Crippen molar-refractivity contribution in [3.63, 3.8) is 0 Å². The molecule has 3 nitrogen and oxygen atoms in total. The maximum atomic E-state index is 5.95. The highest BCUT2D eigenvalue weighted by molar-refractivity contribution is 5.58. The van der Waals surface area contributed by atoms with Crippen LogP contribution in [0.15, 0.2) is 42.9 Å². The van der Waals surface area contributed by atoms with Crippen LogP contribution in [-0.2, 0) is 0 Å². The topological polar surface area (TPSA) is 43.8 Å². The van der Waals surface area contributed by atoms with Crippen molar-refractivity contribution in [2.75, 3.05) is 6.54 Å². The van der Waals surface area contributed by atoms with Gasteiger partial charge in [0.25, 0.3) is 0 Å². The molecule has 0 saturated heterocycles. The van der Waals surface area contributed by atoms with E-state index in [0.29, 0.717) is 12.0 Å². The van der Waals surface area contributed by atoms with Crippen LogP contribution in [0.25, 0.3) is 11.3 Å². The molecule has 1 heterocycles. The van der Waals surface area contributed by atoms with Crippen LogP contribution in [-0.4, -0.2) is 16.1 Å². The molecule has 1 aromatic heterocycles. The Morgan fingerprint density at radius 3 is 2.74 bits per heavy atom. The number of nitrogens with two attached hydrogens (primary N) is 1. The molecule has 3 heteroatoms. The highest BCUT2D eigenvalue weighted by Gasteiger charge is 2.26. The van der Waals surface area contributed by atoms with Crippen LogP contribution in [0.2, 0.25) is 0 Å². The summed E-state index contributed by atoms with van der Waals surface area (Å²) in [5.41, 5.74) is 8.41. The molecular weight excluding hydrogens is 234 g/mol. The lowest BCUT2D eigenvalue weighted by atomic mass is 9.84. The molecule has 100 valence electrons. The van der Waals surface area contributed by atoms with Crippen molar-refractivity contribution in [1.82, 2.24) is 9.55 Å². The molecule has 1 saturated carbocycles. The van der Waals surface area contributed by atoms with Crippen LogP contribution >= 0.6 is 0 Å². The maximum Gasteiger partial charge on any atom is 0.0953 e. The quantitative estimate of drug-likeness (QED) is 0.915. The Kier molecular flexibility index (Phi) is 3.65. The first-order valence-electron chi connectivity index (χ1n) is 7.17. The van der Waals surface area contributed by atoms with Crippen LogP contribution in [0.5, 0.6) is 0 Å². The van der Waals surface area contributed by atoms with Gasteiger partial charge in [-0.1, -0.05) is 43.2 Å². The Balaban J connectivity index is 1.95. The molecule has 19 heavy (non-hydrogen) atoms. The average molecular weight is 255 g/mol. The average Bonchev–Trinajstić information content (AvgIpc) is 2.97. The first-order chi connectivity index (χ1) is 9.40. The van der Waals surface area contributed by atoms with E-state index >= 15 is 0 Å². The number of aromatic nitrogens is 2.